The van der Waals surface area contributed by atoms with Gasteiger partial charge in [-0.05, 0) is 31.2 Å². The van der Waals surface area contributed by atoms with E-state index in [2.05, 4.69) is 9.71 Å². The summed E-state index contributed by atoms with van der Waals surface area (Å²) in [6.07, 6.45) is 3.59. The summed E-state index contributed by atoms with van der Waals surface area (Å²) in [7, 11) is -3.86. The first-order chi connectivity index (χ1) is 10.5. The van der Waals surface area contributed by atoms with Crippen molar-refractivity contribution < 1.29 is 8.42 Å². The van der Waals surface area contributed by atoms with Gasteiger partial charge in [-0.2, -0.15) is 5.26 Å². The van der Waals surface area contributed by atoms with E-state index in [9.17, 15) is 8.42 Å². The molecule has 0 atom stereocenters. The predicted octanol–water partition coefficient (Wildman–Crippen LogP) is 2.32. The van der Waals surface area contributed by atoms with Gasteiger partial charge in [-0.3, -0.25) is 4.72 Å². The van der Waals surface area contributed by atoms with Gasteiger partial charge in [-0.1, -0.05) is 12.1 Å². The van der Waals surface area contributed by atoms with Crippen molar-refractivity contribution in [2.45, 2.75) is 11.8 Å². The van der Waals surface area contributed by atoms with Crippen LogP contribution in [0.5, 0.6) is 0 Å². The molecular weight excluding hydrogens is 300 g/mol. The Bertz CT molecular complexity index is 1000. The fourth-order valence-corrected chi connectivity index (χ4v) is 3.43. The Morgan fingerprint density at radius 3 is 2.77 bits per heavy atom. The van der Waals surface area contributed by atoms with Gasteiger partial charge in [0.15, 0.2) is 5.65 Å². The van der Waals surface area contributed by atoms with Crippen LogP contribution in [0, 0.1) is 18.3 Å². The number of aromatic nitrogens is 2. The van der Waals surface area contributed by atoms with Gasteiger partial charge in [-0.15, -0.1) is 0 Å². The quantitative estimate of drug-likeness (QED) is 0.804. The maximum Gasteiger partial charge on any atom is 0.263 e. The van der Waals surface area contributed by atoms with Gasteiger partial charge in [0.05, 0.1) is 16.9 Å². The van der Waals surface area contributed by atoms with Crippen LogP contribution >= 0.6 is 0 Å². The highest BCUT2D eigenvalue weighted by molar-refractivity contribution is 7.92. The minimum atomic E-state index is -3.86. The number of pyridine rings is 1. The van der Waals surface area contributed by atoms with Gasteiger partial charge in [0, 0.05) is 12.4 Å². The van der Waals surface area contributed by atoms with Gasteiger partial charge in [-0.25, -0.2) is 13.4 Å². The normalized spacial score (nSPS) is 11.3. The lowest BCUT2D eigenvalue weighted by Crippen LogP contribution is -2.15. The Labute approximate surface area is 127 Å². The van der Waals surface area contributed by atoms with Crippen LogP contribution in [-0.2, 0) is 10.0 Å². The van der Waals surface area contributed by atoms with Crippen molar-refractivity contribution in [3.63, 3.8) is 0 Å². The third-order valence-electron chi connectivity index (χ3n) is 3.14. The summed E-state index contributed by atoms with van der Waals surface area (Å²) in [4.78, 5) is 4.25. The molecule has 0 aliphatic rings. The largest absolute Gasteiger partial charge is 0.305 e. The Hall–Kier alpha value is -2.85. The molecule has 6 nitrogen and oxygen atoms in total. The lowest BCUT2D eigenvalue weighted by Gasteiger charge is -2.10. The first-order valence-electron chi connectivity index (χ1n) is 6.47. The average Bonchev–Trinajstić information content (AvgIpc) is 2.88. The van der Waals surface area contributed by atoms with Crippen molar-refractivity contribution >= 4 is 21.4 Å². The smallest absolute Gasteiger partial charge is 0.263 e. The SMILES string of the molecule is Cc1cn2cccc(NS(=O)(=O)c3ccccc3C#N)c2n1. The standard InChI is InChI=1S/C15H12N4O2S/c1-11-10-19-8-4-6-13(15(19)17-11)18-22(20,21)14-7-3-2-5-12(14)9-16/h2-8,10,18H,1H3. The average molecular weight is 312 g/mol. The summed E-state index contributed by atoms with van der Waals surface area (Å²) in [5.41, 5.74) is 1.76. The van der Waals surface area contributed by atoms with Gasteiger partial charge in [0.25, 0.3) is 10.0 Å². The maximum atomic E-state index is 12.5. The Morgan fingerprint density at radius 2 is 2.00 bits per heavy atom. The van der Waals surface area contributed by atoms with Crippen molar-refractivity contribution in [1.82, 2.24) is 9.38 Å². The minimum Gasteiger partial charge on any atom is -0.305 e. The first kappa shape index (κ1) is 14.1. The summed E-state index contributed by atoms with van der Waals surface area (Å²) in [6, 6.07) is 11.3. The zero-order valence-corrected chi connectivity index (χ0v) is 12.5. The first-order valence-corrected chi connectivity index (χ1v) is 7.96. The molecule has 0 fully saturated rings. The zero-order chi connectivity index (χ0) is 15.7. The number of aryl methyl sites for hydroxylation is 1. The highest BCUT2D eigenvalue weighted by Gasteiger charge is 2.19. The maximum absolute atomic E-state index is 12.5. The minimum absolute atomic E-state index is 0.0530. The number of imidazole rings is 1. The molecule has 110 valence electrons. The van der Waals surface area contributed by atoms with E-state index in [0.717, 1.165) is 5.69 Å². The lowest BCUT2D eigenvalue weighted by molar-refractivity contribution is 0.601. The molecule has 0 bridgehead atoms. The van der Waals surface area contributed by atoms with Crippen LogP contribution in [0.2, 0.25) is 0 Å². The van der Waals surface area contributed by atoms with Crippen LogP contribution in [0.15, 0.2) is 53.7 Å². The number of nitrogens with zero attached hydrogens (tertiary/aromatic N) is 3. The number of fused-ring (bicyclic) bond motifs is 1. The fraction of sp³-hybridized carbons (Fsp3) is 0.0667. The molecule has 0 aliphatic carbocycles. The molecule has 2 aromatic heterocycles. The van der Waals surface area contributed by atoms with Crippen molar-refractivity contribution in [2.24, 2.45) is 0 Å². The zero-order valence-electron chi connectivity index (χ0n) is 11.7. The topological polar surface area (TPSA) is 87.3 Å². The second-order valence-electron chi connectivity index (χ2n) is 4.75. The molecule has 0 amide bonds. The van der Waals surface area contributed by atoms with Gasteiger partial charge in [0.1, 0.15) is 11.0 Å². The predicted molar refractivity (Wildman–Crippen MR) is 81.9 cm³/mol. The van der Waals surface area contributed by atoms with Gasteiger partial charge < -0.3 is 4.40 Å². The molecule has 7 heteroatoms. The molecule has 1 aromatic carbocycles. The molecule has 3 rings (SSSR count). The van der Waals surface area contributed by atoms with Crippen LogP contribution < -0.4 is 4.72 Å². The van der Waals surface area contributed by atoms with E-state index in [-0.39, 0.29) is 10.5 Å². The third kappa shape index (κ3) is 2.40. The number of benzene rings is 1. The Kier molecular flexibility index (Phi) is 3.31. The van der Waals surface area contributed by atoms with Crippen LogP contribution in [0.1, 0.15) is 11.3 Å². The van der Waals surface area contributed by atoms with Crippen LogP contribution in [0.25, 0.3) is 5.65 Å². The summed E-state index contributed by atoms with van der Waals surface area (Å²) in [6.45, 7) is 1.83. The van der Waals surface area contributed by atoms with E-state index in [1.807, 2.05) is 13.0 Å². The van der Waals surface area contributed by atoms with Crippen molar-refractivity contribution in [1.29, 1.82) is 5.26 Å². The fourth-order valence-electron chi connectivity index (χ4n) is 2.21. The molecule has 1 N–H and O–H groups in total. The van der Waals surface area contributed by atoms with Crippen LogP contribution in [0.3, 0.4) is 0 Å². The van der Waals surface area contributed by atoms with Crippen molar-refractivity contribution in [3.05, 3.63) is 60.0 Å². The van der Waals surface area contributed by atoms with Crippen molar-refractivity contribution in [2.75, 3.05) is 4.72 Å². The number of nitriles is 1. The molecule has 0 aliphatic heterocycles. The molecule has 0 saturated heterocycles. The summed E-state index contributed by atoms with van der Waals surface area (Å²) >= 11 is 0. The molecule has 0 saturated carbocycles. The van der Waals surface area contributed by atoms with Crippen molar-refractivity contribution in [3.8, 4) is 6.07 Å². The number of hydrogen-bond acceptors (Lipinski definition) is 4. The van der Waals surface area contributed by atoms with Gasteiger partial charge in [0.2, 0.25) is 0 Å². The highest BCUT2D eigenvalue weighted by atomic mass is 32.2. The second kappa shape index (κ2) is 5.16. The molecule has 0 spiro atoms. The second-order valence-corrected chi connectivity index (χ2v) is 6.40. The van der Waals surface area contributed by atoms with E-state index in [4.69, 9.17) is 5.26 Å². The van der Waals surface area contributed by atoms with E-state index in [1.54, 1.807) is 41.1 Å². The number of sulfonamides is 1. The van der Waals surface area contributed by atoms with Gasteiger partial charge >= 0.3 is 0 Å². The number of rotatable bonds is 3. The highest BCUT2D eigenvalue weighted by Crippen LogP contribution is 2.22. The Morgan fingerprint density at radius 1 is 1.23 bits per heavy atom. The monoisotopic (exact) mass is 312 g/mol. The summed E-state index contributed by atoms with van der Waals surface area (Å²) in [5.74, 6) is 0. The summed E-state index contributed by atoms with van der Waals surface area (Å²) in [5, 5.41) is 9.06. The molecule has 3 aromatic rings. The van der Waals surface area contributed by atoms with Crippen LogP contribution in [0.4, 0.5) is 5.69 Å². The van der Waals surface area contributed by atoms with E-state index < -0.39 is 10.0 Å². The number of nitrogens with one attached hydrogen (secondary N) is 1. The summed E-state index contributed by atoms with van der Waals surface area (Å²) < 4.78 is 29.3. The number of hydrogen-bond donors (Lipinski definition) is 1. The molecule has 0 unspecified atom stereocenters. The lowest BCUT2D eigenvalue weighted by atomic mass is 10.2. The molecular formula is C15H12N4O2S. The molecule has 22 heavy (non-hydrogen) atoms. The number of anilines is 1. The van der Waals surface area contributed by atoms with E-state index in [1.165, 1.54) is 12.1 Å². The third-order valence-corrected chi connectivity index (χ3v) is 4.57. The molecule has 0 radical (unpaired) electrons. The van der Waals surface area contributed by atoms with Crippen LogP contribution in [-0.4, -0.2) is 17.8 Å². The van der Waals surface area contributed by atoms with E-state index in [0.29, 0.717) is 11.3 Å². The molecule has 2 heterocycles. The van der Waals surface area contributed by atoms with E-state index >= 15 is 0 Å². The Balaban J connectivity index is 2.09.